The summed E-state index contributed by atoms with van der Waals surface area (Å²) in [6.45, 7) is 1.10. The van der Waals surface area contributed by atoms with Crippen molar-refractivity contribution in [2.45, 2.75) is 31.6 Å². The number of primary amides is 1. The number of pyridine rings is 1. The fourth-order valence-electron chi connectivity index (χ4n) is 3.52. The van der Waals surface area contributed by atoms with E-state index in [0.717, 1.165) is 29.4 Å². The zero-order chi connectivity index (χ0) is 17.6. The van der Waals surface area contributed by atoms with E-state index in [9.17, 15) is 9.59 Å². The van der Waals surface area contributed by atoms with E-state index < -0.39 is 0 Å². The predicted octanol–water partition coefficient (Wildman–Crippen LogP) is 3.10. The van der Waals surface area contributed by atoms with Crippen molar-refractivity contribution in [1.82, 2.24) is 9.88 Å². The van der Waals surface area contributed by atoms with Gasteiger partial charge in [-0.2, -0.15) is 0 Å². The molecule has 6 heteroatoms. The minimum atomic E-state index is -0.274. The van der Waals surface area contributed by atoms with Crippen LogP contribution in [0.2, 0.25) is 5.02 Å². The Morgan fingerprint density at radius 1 is 1.12 bits per heavy atom. The molecule has 1 saturated heterocycles. The SMILES string of the molecule is NC(=O)C1CCN(C(=O)c2cc(C3CC3)nc3ccc(Cl)cc23)CC1. The third kappa shape index (κ3) is 3.21. The second-order valence-electron chi connectivity index (χ2n) is 7.00. The number of halogens is 1. The molecule has 5 nitrogen and oxygen atoms in total. The normalized spacial score (nSPS) is 18.5. The molecule has 2 N–H and O–H groups in total. The Hall–Kier alpha value is -2.14. The quantitative estimate of drug-likeness (QED) is 0.916. The second-order valence-corrected chi connectivity index (χ2v) is 7.44. The van der Waals surface area contributed by atoms with Crippen LogP contribution in [-0.4, -0.2) is 34.8 Å². The van der Waals surface area contributed by atoms with Gasteiger partial charge in [0.05, 0.1) is 11.1 Å². The Morgan fingerprint density at radius 3 is 2.48 bits per heavy atom. The summed E-state index contributed by atoms with van der Waals surface area (Å²) in [7, 11) is 0. The smallest absolute Gasteiger partial charge is 0.254 e. The monoisotopic (exact) mass is 357 g/mol. The maximum Gasteiger partial charge on any atom is 0.254 e. The minimum Gasteiger partial charge on any atom is -0.369 e. The molecule has 1 aliphatic heterocycles. The number of aromatic nitrogens is 1. The van der Waals surface area contributed by atoms with Crippen molar-refractivity contribution in [3.63, 3.8) is 0 Å². The molecule has 1 aromatic heterocycles. The first-order valence-corrected chi connectivity index (χ1v) is 9.09. The standard InChI is InChI=1S/C19H20ClN3O2/c20-13-3-4-16-14(9-13)15(10-17(22-16)11-1-2-11)19(25)23-7-5-12(6-8-23)18(21)24/h3-4,9-12H,1-2,5-8H2,(H2,21,24). The van der Waals surface area contributed by atoms with E-state index in [1.807, 2.05) is 23.1 Å². The summed E-state index contributed by atoms with van der Waals surface area (Å²) >= 11 is 6.15. The van der Waals surface area contributed by atoms with Gasteiger partial charge in [0.2, 0.25) is 5.91 Å². The van der Waals surface area contributed by atoms with E-state index in [-0.39, 0.29) is 17.7 Å². The van der Waals surface area contributed by atoms with Gasteiger partial charge < -0.3 is 10.6 Å². The van der Waals surface area contributed by atoms with Crippen molar-refractivity contribution in [2.75, 3.05) is 13.1 Å². The van der Waals surface area contributed by atoms with Crippen LogP contribution in [0.15, 0.2) is 24.3 Å². The Kier molecular flexibility index (Phi) is 4.12. The van der Waals surface area contributed by atoms with Gasteiger partial charge in [-0.3, -0.25) is 14.6 Å². The molecule has 130 valence electrons. The summed E-state index contributed by atoms with van der Waals surface area (Å²) in [4.78, 5) is 31.0. The first-order chi connectivity index (χ1) is 12.0. The van der Waals surface area contributed by atoms with Crippen LogP contribution < -0.4 is 5.73 Å². The summed E-state index contributed by atoms with van der Waals surface area (Å²) in [5.74, 6) is 0.0469. The number of hydrogen-bond donors (Lipinski definition) is 1. The van der Waals surface area contributed by atoms with Gasteiger partial charge in [0.1, 0.15) is 0 Å². The summed E-state index contributed by atoms with van der Waals surface area (Å²) in [6, 6.07) is 7.42. The number of nitrogens with two attached hydrogens (primary N) is 1. The molecule has 0 spiro atoms. The maximum atomic E-state index is 13.1. The Labute approximate surface area is 151 Å². The molecule has 2 aliphatic rings. The van der Waals surface area contributed by atoms with E-state index >= 15 is 0 Å². The van der Waals surface area contributed by atoms with Crippen molar-refractivity contribution in [1.29, 1.82) is 0 Å². The number of carbonyl (C=O) groups excluding carboxylic acids is 2. The maximum absolute atomic E-state index is 13.1. The number of likely N-dealkylation sites (tertiary alicyclic amines) is 1. The summed E-state index contributed by atoms with van der Waals surface area (Å²) in [6.07, 6.45) is 3.51. The van der Waals surface area contributed by atoms with Crippen molar-refractivity contribution in [3.05, 3.63) is 40.5 Å². The summed E-state index contributed by atoms with van der Waals surface area (Å²) < 4.78 is 0. The van der Waals surface area contributed by atoms with Crippen molar-refractivity contribution < 1.29 is 9.59 Å². The summed E-state index contributed by atoms with van der Waals surface area (Å²) in [5.41, 5.74) is 7.85. The topological polar surface area (TPSA) is 76.3 Å². The lowest BCUT2D eigenvalue weighted by Gasteiger charge is -2.31. The predicted molar refractivity (Wildman–Crippen MR) is 96.5 cm³/mol. The van der Waals surface area contributed by atoms with Crippen LogP contribution in [0.3, 0.4) is 0 Å². The van der Waals surface area contributed by atoms with E-state index in [1.165, 1.54) is 0 Å². The van der Waals surface area contributed by atoms with Gasteiger partial charge in [-0.25, -0.2) is 0 Å². The molecule has 0 atom stereocenters. The molecule has 2 heterocycles. The first-order valence-electron chi connectivity index (χ1n) is 8.71. The number of amides is 2. The molecular weight excluding hydrogens is 338 g/mol. The molecule has 0 bridgehead atoms. The highest BCUT2D eigenvalue weighted by atomic mass is 35.5. The molecule has 2 aromatic rings. The molecule has 4 rings (SSSR count). The molecule has 1 aliphatic carbocycles. The zero-order valence-electron chi connectivity index (χ0n) is 13.9. The van der Waals surface area contributed by atoms with Gasteiger partial charge in [0, 0.05) is 41.0 Å². The first kappa shape index (κ1) is 16.3. The number of rotatable bonds is 3. The fraction of sp³-hybridized carbons (Fsp3) is 0.421. The van der Waals surface area contributed by atoms with Crippen LogP contribution in [0.5, 0.6) is 0 Å². The highest BCUT2D eigenvalue weighted by Crippen LogP contribution is 2.40. The van der Waals surface area contributed by atoms with Crippen molar-refractivity contribution in [2.24, 2.45) is 11.7 Å². The number of fused-ring (bicyclic) bond motifs is 1. The van der Waals surface area contributed by atoms with Crippen molar-refractivity contribution in [3.8, 4) is 0 Å². The zero-order valence-corrected chi connectivity index (χ0v) is 14.6. The molecular formula is C19H20ClN3O2. The number of benzene rings is 1. The number of piperidine rings is 1. The minimum absolute atomic E-state index is 0.0144. The van der Waals surface area contributed by atoms with Gasteiger partial charge in [-0.05, 0) is 49.9 Å². The van der Waals surface area contributed by atoms with E-state index in [0.29, 0.717) is 42.4 Å². The van der Waals surface area contributed by atoms with E-state index in [2.05, 4.69) is 0 Å². The third-order valence-corrected chi connectivity index (χ3v) is 5.44. The molecule has 0 radical (unpaired) electrons. The fourth-order valence-corrected chi connectivity index (χ4v) is 3.69. The average molecular weight is 358 g/mol. The van der Waals surface area contributed by atoms with Crippen molar-refractivity contribution >= 4 is 34.3 Å². The highest BCUT2D eigenvalue weighted by Gasteiger charge is 2.30. The van der Waals surface area contributed by atoms with E-state index in [1.54, 1.807) is 6.07 Å². The summed E-state index contributed by atoms with van der Waals surface area (Å²) in [5, 5.41) is 1.38. The molecule has 1 aromatic carbocycles. The van der Waals surface area contributed by atoms with E-state index in [4.69, 9.17) is 22.3 Å². The highest BCUT2D eigenvalue weighted by molar-refractivity contribution is 6.31. The lowest BCUT2D eigenvalue weighted by Crippen LogP contribution is -2.41. The molecule has 25 heavy (non-hydrogen) atoms. The molecule has 0 unspecified atom stereocenters. The second kappa shape index (κ2) is 6.30. The Bertz CT molecular complexity index is 855. The number of hydrogen-bond acceptors (Lipinski definition) is 3. The van der Waals surface area contributed by atoms with Crippen LogP contribution in [0.25, 0.3) is 10.9 Å². The lowest BCUT2D eigenvalue weighted by atomic mass is 9.95. The van der Waals surface area contributed by atoms with Gasteiger partial charge in [-0.1, -0.05) is 11.6 Å². The lowest BCUT2D eigenvalue weighted by molar-refractivity contribution is -0.123. The molecule has 2 fully saturated rings. The van der Waals surface area contributed by atoms with Crippen LogP contribution >= 0.6 is 11.6 Å². The van der Waals surface area contributed by atoms with Crippen LogP contribution in [-0.2, 0) is 4.79 Å². The average Bonchev–Trinajstić information content (AvgIpc) is 3.45. The van der Waals surface area contributed by atoms with Crippen LogP contribution in [0.4, 0.5) is 0 Å². The van der Waals surface area contributed by atoms with Gasteiger partial charge in [0.15, 0.2) is 0 Å². The number of nitrogens with zero attached hydrogens (tertiary/aromatic N) is 2. The Balaban J connectivity index is 1.68. The van der Waals surface area contributed by atoms with Gasteiger partial charge in [-0.15, -0.1) is 0 Å². The molecule has 2 amide bonds. The van der Waals surface area contributed by atoms with Crippen LogP contribution in [0, 0.1) is 5.92 Å². The van der Waals surface area contributed by atoms with Gasteiger partial charge >= 0.3 is 0 Å². The number of carbonyl (C=O) groups is 2. The third-order valence-electron chi connectivity index (χ3n) is 5.20. The van der Waals surface area contributed by atoms with Crippen LogP contribution in [0.1, 0.15) is 47.7 Å². The largest absolute Gasteiger partial charge is 0.369 e. The molecule has 1 saturated carbocycles. The van der Waals surface area contributed by atoms with Gasteiger partial charge in [0.25, 0.3) is 5.91 Å². The Morgan fingerprint density at radius 2 is 1.84 bits per heavy atom.